The molecule has 0 amide bonds. The normalized spacial score (nSPS) is 24.6. The van der Waals surface area contributed by atoms with Crippen LogP contribution in [0.25, 0.3) is 0 Å². The van der Waals surface area contributed by atoms with Crippen LogP contribution in [0, 0.1) is 0 Å². The van der Waals surface area contributed by atoms with Gasteiger partial charge in [-0.3, -0.25) is 0 Å². The van der Waals surface area contributed by atoms with Crippen molar-refractivity contribution < 1.29 is 9.84 Å². The highest BCUT2D eigenvalue weighted by Gasteiger charge is 2.25. The van der Waals surface area contributed by atoms with Crippen molar-refractivity contribution in [3.63, 3.8) is 0 Å². The van der Waals surface area contributed by atoms with Gasteiger partial charge in [0.2, 0.25) is 0 Å². The Balaban J connectivity index is 0.000000396. The average molecular weight is 180 g/mol. The first-order valence-corrected chi connectivity index (χ1v) is 4.71. The van der Waals surface area contributed by atoms with Crippen LogP contribution in [-0.4, -0.2) is 5.11 Å². The van der Waals surface area contributed by atoms with Gasteiger partial charge in [-0.15, -0.1) is 0 Å². The predicted molar refractivity (Wildman–Crippen MR) is 52.2 cm³/mol. The van der Waals surface area contributed by atoms with Gasteiger partial charge in [-0.1, -0.05) is 38.1 Å². The Hall–Kier alpha value is -0.860. The second-order valence-electron chi connectivity index (χ2n) is 2.76. The highest BCUT2D eigenvalue weighted by Crippen LogP contribution is 2.36. The SMILES string of the molecule is CC.CC1OC(O)c2ccccc21. The predicted octanol–water partition coefficient (Wildman–Crippen LogP) is 2.79. The summed E-state index contributed by atoms with van der Waals surface area (Å²) in [6, 6.07) is 7.74. The van der Waals surface area contributed by atoms with E-state index in [9.17, 15) is 5.11 Å². The number of rotatable bonds is 0. The van der Waals surface area contributed by atoms with Gasteiger partial charge in [0.15, 0.2) is 6.29 Å². The van der Waals surface area contributed by atoms with Crippen molar-refractivity contribution in [2.45, 2.75) is 33.2 Å². The summed E-state index contributed by atoms with van der Waals surface area (Å²) < 4.78 is 5.19. The van der Waals surface area contributed by atoms with Crippen LogP contribution in [-0.2, 0) is 4.74 Å². The van der Waals surface area contributed by atoms with Gasteiger partial charge in [0, 0.05) is 5.56 Å². The van der Waals surface area contributed by atoms with E-state index >= 15 is 0 Å². The van der Waals surface area contributed by atoms with Crippen molar-refractivity contribution in [2.24, 2.45) is 0 Å². The fourth-order valence-electron chi connectivity index (χ4n) is 1.45. The Bertz CT molecular complexity index is 244. The molecule has 0 saturated heterocycles. The molecule has 13 heavy (non-hydrogen) atoms. The Labute approximate surface area is 79.2 Å². The van der Waals surface area contributed by atoms with Gasteiger partial charge < -0.3 is 9.84 Å². The summed E-state index contributed by atoms with van der Waals surface area (Å²) in [6.07, 6.45) is -0.692. The van der Waals surface area contributed by atoms with Crippen molar-refractivity contribution in [2.75, 3.05) is 0 Å². The van der Waals surface area contributed by atoms with Crippen LogP contribution >= 0.6 is 0 Å². The van der Waals surface area contributed by atoms with Crippen LogP contribution in [0.2, 0.25) is 0 Å². The summed E-state index contributed by atoms with van der Waals surface area (Å²) in [4.78, 5) is 0. The van der Waals surface area contributed by atoms with Crippen LogP contribution in [0.15, 0.2) is 24.3 Å². The maximum absolute atomic E-state index is 9.33. The molecule has 2 heteroatoms. The number of ether oxygens (including phenoxy) is 1. The van der Waals surface area contributed by atoms with Crippen LogP contribution in [0.5, 0.6) is 0 Å². The average Bonchev–Trinajstić information content (AvgIpc) is 2.47. The largest absolute Gasteiger partial charge is 0.364 e. The van der Waals surface area contributed by atoms with Crippen molar-refractivity contribution in [3.05, 3.63) is 35.4 Å². The second kappa shape index (κ2) is 4.40. The van der Waals surface area contributed by atoms with Crippen LogP contribution in [0.3, 0.4) is 0 Å². The Kier molecular flexibility index (Phi) is 3.46. The number of hydrogen-bond donors (Lipinski definition) is 1. The Morgan fingerprint density at radius 1 is 1.15 bits per heavy atom. The third-order valence-corrected chi connectivity index (χ3v) is 2.03. The topological polar surface area (TPSA) is 29.5 Å². The maximum Gasteiger partial charge on any atom is 0.182 e. The van der Waals surface area contributed by atoms with E-state index in [0.29, 0.717) is 0 Å². The van der Waals surface area contributed by atoms with E-state index in [2.05, 4.69) is 0 Å². The minimum atomic E-state index is -0.721. The zero-order chi connectivity index (χ0) is 9.84. The van der Waals surface area contributed by atoms with E-state index in [1.165, 1.54) is 0 Å². The lowest BCUT2D eigenvalue weighted by Gasteiger charge is -2.02. The Morgan fingerprint density at radius 2 is 1.69 bits per heavy atom. The molecule has 72 valence electrons. The van der Waals surface area contributed by atoms with Crippen molar-refractivity contribution in [3.8, 4) is 0 Å². The molecule has 1 aromatic rings. The molecule has 0 fully saturated rings. The summed E-state index contributed by atoms with van der Waals surface area (Å²) in [6.45, 7) is 5.94. The summed E-state index contributed by atoms with van der Waals surface area (Å²) in [5, 5.41) is 9.33. The zero-order valence-electron chi connectivity index (χ0n) is 8.32. The van der Waals surface area contributed by atoms with E-state index in [1.807, 2.05) is 45.0 Å². The second-order valence-corrected chi connectivity index (χ2v) is 2.76. The number of hydrogen-bond acceptors (Lipinski definition) is 2. The molecule has 0 aromatic heterocycles. The van der Waals surface area contributed by atoms with Crippen LogP contribution < -0.4 is 0 Å². The summed E-state index contributed by atoms with van der Waals surface area (Å²) in [5.41, 5.74) is 2.00. The molecule has 2 rings (SSSR count). The fourth-order valence-corrected chi connectivity index (χ4v) is 1.45. The highest BCUT2D eigenvalue weighted by molar-refractivity contribution is 5.32. The summed E-state index contributed by atoms with van der Waals surface area (Å²) in [5.74, 6) is 0. The van der Waals surface area contributed by atoms with E-state index in [-0.39, 0.29) is 6.10 Å². The van der Waals surface area contributed by atoms with Gasteiger partial charge in [-0.05, 0) is 12.5 Å². The lowest BCUT2D eigenvalue weighted by atomic mass is 10.1. The van der Waals surface area contributed by atoms with E-state index in [1.54, 1.807) is 0 Å². The molecular formula is C11H16O2. The smallest absolute Gasteiger partial charge is 0.182 e. The molecule has 2 atom stereocenters. The first kappa shape index (κ1) is 10.2. The maximum atomic E-state index is 9.33. The molecule has 1 aliphatic heterocycles. The van der Waals surface area contributed by atoms with E-state index < -0.39 is 6.29 Å². The van der Waals surface area contributed by atoms with E-state index in [4.69, 9.17) is 4.74 Å². The minimum absolute atomic E-state index is 0.0289. The molecular weight excluding hydrogens is 164 g/mol. The molecule has 2 unspecified atom stereocenters. The standard InChI is InChI=1S/C9H10O2.C2H6/c1-6-7-4-2-3-5-8(7)9(10)11-6;1-2/h2-6,9-10H,1H3;1-2H3. The molecule has 2 nitrogen and oxygen atoms in total. The van der Waals surface area contributed by atoms with Gasteiger partial charge in [0.25, 0.3) is 0 Å². The third kappa shape index (κ3) is 1.90. The zero-order valence-corrected chi connectivity index (χ0v) is 8.32. The lowest BCUT2D eigenvalue weighted by Crippen LogP contribution is -1.92. The molecule has 0 aliphatic carbocycles. The van der Waals surface area contributed by atoms with Crippen LogP contribution in [0.1, 0.15) is 44.3 Å². The first-order valence-electron chi connectivity index (χ1n) is 4.71. The van der Waals surface area contributed by atoms with Crippen LogP contribution in [0.4, 0.5) is 0 Å². The lowest BCUT2D eigenvalue weighted by molar-refractivity contribution is -0.115. The van der Waals surface area contributed by atoms with Gasteiger partial charge in [0.05, 0.1) is 6.10 Å². The minimum Gasteiger partial charge on any atom is -0.364 e. The first-order chi connectivity index (χ1) is 6.29. The molecule has 0 spiro atoms. The quantitative estimate of drug-likeness (QED) is 0.665. The molecule has 1 aliphatic rings. The highest BCUT2D eigenvalue weighted by atomic mass is 16.6. The van der Waals surface area contributed by atoms with Crippen molar-refractivity contribution in [1.82, 2.24) is 0 Å². The molecule has 0 bridgehead atoms. The summed E-state index contributed by atoms with van der Waals surface area (Å²) >= 11 is 0. The molecule has 1 aromatic carbocycles. The van der Waals surface area contributed by atoms with Gasteiger partial charge in [-0.2, -0.15) is 0 Å². The van der Waals surface area contributed by atoms with Gasteiger partial charge in [-0.25, -0.2) is 0 Å². The molecule has 0 radical (unpaired) electrons. The van der Waals surface area contributed by atoms with Gasteiger partial charge in [0.1, 0.15) is 0 Å². The molecule has 1 N–H and O–H groups in total. The molecule has 1 heterocycles. The van der Waals surface area contributed by atoms with Crippen molar-refractivity contribution >= 4 is 0 Å². The number of aliphatic hydroxyl groups is 1. The van der Waals surface area contributed by atoms with Crippen molar-refractivity contribution in [1.29, 1.82) is 0 Å². The number of aliphatic hydroxyl groups excluding tert-OH is 1. The summed E-state index contributed by atoms with van der Waals surface area (Å²) in [7, 11) is 0. The number of fused-ring (bicyclic) bond motifs is 1. The fraction of sp³-hybridized carbons (Fsp3) is 0.455. The number of benzene rings is 1. The van der Waals surface area contributed by atoms with Gasteiger partial charge >= 0.3 is 0 Å². The monoisotopic (exact) mass is 180 g/mol. The Morgan fingerprint density at radius 3 is 2.23 bits per heavy atom. The third-order valence-electron chi connectivity index (χ3n) is 2.03. The van der Waals surface area contributed by atoms with E-state index in [0.717, 1.165) is 11.1 Å². The molecule has 0 saturated carbocycles.